The van der Waals surface area contributed by atoms with Crippen LogP contribution in [0.15, 0.2) is 36.9 Å². The van der Waals surface area contributed by atoms with Crippen LogP contribution in [-0.4, -0.2) is 55.9 Å². The van der Waals surface area contributed by atoms with Gasteiger partial charge >= 0.3 is 0 Å². The lowest BCUT2D eigenvalue weighted by atomic mass is 9.80. The van der Waals surface area contributed by atoms with Crippen molar-refractivity contribution in [2.24, 2.45) is 5.92 Å². The summed E-state index contributed by atoms with van der Waals surface area (Å²) in [6.45, 7) is 13.3. The van der Waals surface area contributed by atoms with Crippen LogP contribution in [0, 0.1) is 5.92 Å². The van der Waals surface area contributed by atoms with Gasteiger partial charge in [-0.05, 0) is 56.2 Å². The summed E-state index contributed by atoms with van der Waals surface area (Å²) in [5.41, 5.74) is 1.28. The highest BCUT2D eigenvalue weighted by molar-refractivity contribution is 5.31. The first-order valence-corrected chi connectivity index (χ1v) is 12.3. The van der Waals surface area contributed by atoms with Gasteiger partial charge in [0.05, 0.1) is 13.2 Å². The second kappa shape index (κ2) is 10.7. The molecule has 0 bridgehead atoms. The molecule has 6 heteroatoms. The maximum absolute atomic E-state index is 6.56. The first-order valence-electron chi connectivity index (χ1n) is 12.3. The normalized spacial score (nSPS) is 32.1. The Morgan fingerprint density at radius 1 is 1.28 bits per heavy atom. The molecule has 1 saturated carbocycles. The van der Waals surface area contributed by atoms with E-state index in [-0.39, 0.29) is 5.92 Å². The zero-order chi connectivity index (χ0) is 22.4. The Morgan fingerprint density at radius 2 is 2.12 bits per heavy atom. The molecule has 3 aliphatic rings. The van der Waals surface area contributed by atoms with Gasteiger partial charge in [0.15, 0.2) is 0 Å². The average molecular weight is 446 g/mol. The number of allylic oxidation sites excluding steroid dienone is 1. The Labute approximate surface area is 192 Å². The molecule has 4 rings (SSSR count). The van der Waals surface area contributed by atoms with E-state index in [1.54, 1.807) is 0 Å². The van der Waals surface area contributed by atoms with E-state index in [4.69, 9.17) is 24.0 Å². The summed E-state index contributed by atoms with van der Waals surface area (Å²) >= 11 is 0. The summed E-state index contributed by atoms with van der Waals surface area (Å²) in [6, 6.07) is 8.52. The maximum atomic E-state index is 6.56. The Kier molecular flexibility index (Phi) is 7.90. The lowest BCUT2D eigenvalue weighted by Crippen LogP contribution is -2.42. The Balaban J connectivity index is 1.36. The van der Waals surface area contributed by atoms with Gasteiger partial charge in [0.1, 0.15) is 12.4 Å². The molecule has 0 aromatic heterocycles. The summed E-state index contributed by atoms with van der Waals surface area (Å²) in [5, 5.41) is 0. The largest absolute Gasteiger partial charge is 0.492 e. The molecule has 1 aromatic rings. The monoisotopic (exact) mass is 445 g/mol. The van der Waals surface area contributed by atoms with Crippen LogP contribution in [0.1, 0.15) is 63.9 Å². The fraction of sp³-hybridized carbons (Fsp3) is 0.692. The van der Waals surface area contributed by atoms with E-state index < -0.39 is 11.6 Å². The minimum atomic E-state index is -0.727. The van der Waals surface area contributed by atoms with Crippen LogP contribution in [0.4, 0.5) is 0 Å². The number of ether oxygens (including phenoxy) is 3. The fourth-order valence-electron chi connectivity index (χ4n) is 5.29. The van der Waals surface area contributed by atoms with E-state index in [1.807, 2.05) is 19.1 Å². The molecule has 6 nitrogen and oxygen atoms in total. The van der Waals surface area contributed by atoms with Crippen molar-refractivity contribution in [2.45, 2.75) is 69.9 Å². The zero-order valence-electron chi connectivity index (χ0n) is 19.7. The second-order valence-corrected chi connectivity index (χ2v) is 9.49. The molecule has 1 aromatic carbocycles. The Hall–Kier alpha value is -1.44. The predicted octanol–water partition coefficient (Wildman–Crippen LogP) is 5.05. The minimum absolute atomic E-state index is 0.225. The lowest BCUT2D eigenvalue weighted by molar-refractivity contribution is -0.359. The molecule has 3 fully saturated rings. The number of hydrogen-bond donors (Lipinski definition) is 0. The van der Waals surface area contributed by atoms with E-state index in [9.17, 15) is 0 Å². The molecule has 32 heavy (non-hydrogen) atoms. The van der Waals surface area contributed by atoms with Gasteiger partial charge in [-0.3, -0.25) is 4.90 Å². The van der Waals surface area contributed by atoms with E-state index in [1.165, 1.54) is 5.56 Å². The van der Waals surface area contributed by atoms with E-state index in [2.05, 4.69) is 36.6 Å². The van der Waals surface area contributed by atoms with Gasteiger partial charge in [-0.2, -0.15) is 9.78 Å². The van der Waals surface area contributed by atoms with Crippen LogP contribution in [0.3, 0.4) is 0 Å². The first-order chi connectivity index (χ1) is 15.6. The van der Waals surface area contributed by atoms with Crippen molar-refractivity contribution in [3.05, 3.63) is 42.5 Å². The van der Waals surface area contributed by atoms with Crippen molar-refractivity contribution in [3.63, 3.8) is 0 Å². The van der Waals surface area contributed by atoms with Gasteiger partial charge in [0.25, 0.3) is 0 Å². The molecule has 0 radical (unpaired) electrons. The molecular formula is C26H39NO5. The van der Waals surface area contributed by atoms with Gasteiger partial charge in [-0.25, -0.2) is 0 Å². The highest BCUT2D eigenvalue weighted by Crippen LogP contribution is 2.50. The van der Waals surface area contributed by atoms with E-state index >= 15 is 0 Å². The molecule has 1 aliphatic carbocycles. The van der Waals surface area contributed by atoms with Gasteiger partial charge in [-0.1, -0.05) is 25.1 Å². The summed E-state index contributed by atoms with van der Waals surface area (Å²) in [6.07, 6.45) is 7.56. The average Bonchev–Trinajstić information content (AvgIpc) is 3.14. The summed E-state index contributed by atoms with van der Waals surface area (Å²) in [4.78, 5) is 14.2. The third-order valence-electron chi connectivity index (χ3n) is 7.21. The van der Waals surface area contributed by atoms with Gasteiger partial charge in [0, 0.05) is 38.4 Å². The molecule has 0 amide bonds. The van der Waals surface area contributed by atoms with Crippen molar-refractivity contribution in [1.82, 2.24) is 4.90 Å². The third kappa shape index (κ3) is 5.54. The van der Waals surface area contributed by atoms with Crippen LogP contribution < -0.4 is 4.74 Å². The molecule has 1 spiro atoms. The topological polar surface area (TPSA) is 49.4 Å². The van der Waals surface area contributed by atoms with Crippen molar-refractivity contribution in [1.29, 1.82) is 0 Å². The quantitative estimate of drug-likeness (QED) is 0.392. The highest BCUT2D eigenvalue weighted by atomic mass is 17.3. The van der Waals surface area contributed by atoms with Crippen molar-refractivity contribution < 1.29 is 24.0 Å². The van der Waals surface area contributed by atoms with E-state index in [0.717, 1.165) is 77.1 Å². The third-order valence-corrected chi connectivity index (χ3v) is 7.21. The molecule has 4 atom stereocenters. The summed E-state index contributed by atoms with van der Waals surface area (Å²) < 4.78 is 18.1. The smallest absolute Gasteiger partial charge is 0.205 e. The maximum Gasteiger partial charge on any atom is 0.205 e. The van der Waals surface area contributed by atoms with Gasteiger partial charge in [-0.15, -0.1) is 6.58 Å². The van der Waals surface area contributed by atoms with Gasteiger partial charge < -0.3 is 14.2 Å². The lowest BCUT2D eigenvalue weighted by Gasteiger charge is -2.37. The molecule has 2 heterocycles. The van der Waals surface area contributed by atoms with Crippen LogP contribution in [-0.2, 0) is 19.2 Å². The van der Waals surface area contributed by atoms with Crippen molar-refractivity contribution in [2.75, 3.05) is 39.5 Å². The van der Waals surface area contributed by atoms with Gasteiger partial charge in [0.2, 0.25) is 11.6 Å². The van der Waals surface area contributed by atoms with Crippen LogP contribution in [0.25, 0.3) is 0 Å². The molecular weight excluding hydrogens is 406 g/mol. The zero-order valence-corrected chi connectivity index (χ0v) is 19.7. The second-order valence-electron chi connectivity index (χ2n) is 9.49. The van der Waals surface area contributed by atoms with Crippen LogP contribution in [0.2, 0.25) is 0 Å². The minimum Gasteiger partial charge on any atom is -0.492 e. The predicted molar refractivity (Wildman–Crippen MR) is 123 cm³/mol. The van der Waals surface area contributed by atoms with Crippen LogP contribution in [0.5, 0.6) is 5.75 Å². The summed E-state index contributed by atoms with van der Waals surface area (Å²) in [5.74, 6) is 0.121. The standard InChI is InChI=1S/C26H39NO5/c1-4-8-23(5-2)25(3)30-26(32-31-25)12-7-10-22(20-26)21-9-6-11-24(19-21)29-18-15-27-13-16-28-17-14-27/h4,6,9,11,19,22-23H,1,5,7-8,10,12-18,20H2,2-3H3/t22?,23?,25-,26-/m1/s1. The van der Waals surface area contributed by atoms with E-state index in [0.29, 0.717) is 12.5 Å². The Morgan fingerprint density at radius 3 is 2.91 bits per heavy atom. The fourth-order valence-corrected chi connectivity index (χ4v) is 5.29. The van der Waals surface area contributed by atoms with Crippen molar-refractivity contribution in [3.8, 4) is 5.75 Å². The number of nitrogens with zero attached hydrogens (tertiary/aromatic N) is 1. The molecule has 0 N–H and O–H groups in total. The Bertz CT molecular complexity index is 751. The SMILES string of the molecule is C=CCC(CC)[C@@]1(C)OO[C@@]2(CCCC(c3cccc(OCCN4CCOCC4)c3)C2)O1. The van der Waals surface area contributed by atoms with Crippen LogP contribution >= 0.6 is 0 Å². The highest BCUT2D eigenvalue weighted by Gasteiger charge is 2.55. The number of rotatable bonds is 9. The molecule has 2 unspecified atom stereocenters. The summed E-state index contributed by atoms with van der Waals surface area (Å²) in [7, 11) is 0. The molecule has 178 valence electrons. The number of hydrogen-bond acceptors (Lipinski definition) is 6. The number of benzene rings is 1. The molecule has 2 saturated heterocycles. The number of morpholine rings is 1. The first kappa shape index (κ1) is 23.7. The molecule has 2 aliphatic heterocycles. The van der Waals surface area contributed by atoms with Crippen molar-refractivity contribution >= 4 is 0 Å².